The second-order valence-electron chi connectivity index (χ2n) is 5.46. The Morgan fingerprint density at radius 2 is 1.57 bits per heavy atom. The summed E-state index contributed by atoms with van der Waals surface area (Å²) in [7, 11) is 0. The summed E-state index contributed by atoms with van der Waals surface area (Å²) in [6.07, 6.45) is -4.33. The lowest BCUT2D eigenvalue weighted by atomic mass is 9.92. The van der Waals surface area contributed by atoms with Gasteiger partial charge in [-0.1, -0.05) is 26.0 Å². The maximum Gasteiger partial charge on any atom is 0.416 e. The van der Waals surface area contributed by atoms with Gasteiger partial charge in [0.15, 0.2) is 0 Å². The van der Waals surface area contributed by atoms with Crippen LogP contribution in [0.1, 0.15) is 36.5 Å². The van der Waals surface area contributed by atoms with Gasteiger partial charge in [-0.15, -0.1) is 0 Å². The summed E-state index contributed by atoms with van der Waals surface area (Å²) in [6, 6.07) is 8.59. The van der Waals surface area contributed by atoms with E-state index in [2.05, 4.69) is 0 Å². The van der Waals surface area contributed by atoms with E-state index < -0.39 is 11.7 Å². The molecule has 0 radical (unpaired) electrons. The predicted molar refractivity (Wildman–Crippen MR) is 77.4 cm³/mol. The van der Waals surface area contributed by atoms with Crippen molar-refractivity contribution >= 4 is 0 Å². The molecule has 21 heavy (non-hydrogen) atoms. The molecule has 2 aromatic carbocycles. The van der Waals surface area contributed by atoms with Crippen molar-refractivity contribution in [2.45, 2.75) is 32.9 Å². The van der Waals surface area contributed by atoms with Gasteiger partial charge in [0.25, 0.3) is 0 Å². The molecular weight excluding hydrogens is 277 g/mol. The summed E-state index contributed by atoms with van der Waals surface area (Å²) < 4.78 is 37.8. The first kappa shape index (κ1) is 15.4. The van der Waals surface area contributed by atoms with Crippen molar-refractivity contribution in [1.29, 1.82) is 0 Å². The lowest BCUT2D eigenvalue weighted by Crippen LogP contribution is -2.04. The van der Waals surface area contributed by atoms with Crippen LogP contribution in [0.3, 0.4) is 0 Å². The van der Waals surface area contributed by atoms with Crippen LogP contribution in [0.2, 0.25) is 0 Å². The molecular formula is C17H17F3O. The number of benzene rings is 2. The van der Waals surface area contributed by atoms with Crippen molar-refractivity contribution in [2.24, 2.45) is 0 Å². The van der Waals surface area contributed by atoms with Crippen LogP contribution in [0.25, 0.3) is 11.1 Å². The first-order chi connectivity index (χ1) is 9.70. The zero-order valence-electron chi connectivity index (χ0n) is 12.1. The van der Waals surface area contributed by atoms with E-state index >= 15 is 0 Å². The Bertz CT molecular complexity index is 640. The van der Waals surface area contributed by atoms with Gasteiger partial charge in [-0.05, 0) is 59.4 Å². The smallest absolute Gasteiger partial charge is 0.416 e. The van der Waals surface area contributed by atoms with Crippen LogP contribution < -0.4 is 0 Å². The van der Waals surface area contributed by atoms with E-state index in [1.165, 1.54) is 12.1 Å². The van der Waals surface area contributed by atoms with Crippen LogP contribution in [0, 0.1) is 6.92 Å². The summed E-state index contributed by atoms with van der Waals surface area (Å²) in [5, 5.41) is 9.94. The minimum atomic E-state index is -4.33. The fourth-order valence-electron chi connectivity index (χ4n) is 2.32. The lowest BCUT2D eigenvalue weighted by molar-refractivity contribution is -0.137. The van der Waals surface area contributed by atoms with Crippen LogP contribution in [-0.2, 0) is 6.18 Å². The fraction of sp³-hybridized carbons (Fsp3) is 0.294. The molecule has 1 nitrogen and oxygen atoms in total. The Hall–Kier alpha value is -1.97. The minimum Gasteiger partial charge on any atom is -0.508 e. The van der Waals surface area contributed by atoms with Crippen LogP contribution in [-0.4, -0.2) is 5.11 Å². The molecule has 0 heterocycles. The second kappa shape index (κ2) is 5.43. The van der Waals surface area contributed by atoms with Crippen LogP contribution >= 0.6 is 0 Å². The van der Waals surface area contributed by atoms with Crippen molar-refractivity contribution < 1.29 is 18.3 Å². The average Bonchev–Trinajstić information content (AvgIpc) is 2.37. The van der Waals surface area contributed by atoms with Crippen molar-refractivity contribution in [3.05, 3.63) is 53.1 Å². The highest BCUT2D eigenvalue weighted by Gasteiger charge is 2.30. The highest BCUT2D eigenvalue weighted by atomic mass is 19.4. The number of phenols is 1. The topological polar surface area (TPSA) is 20.2 Å². The Kier molecular flexibility index (Phi) is 3.99. The summed E-state index contributed by atoms with van der Waals surface area (Å²) in [6.45, 7) is 5.75. The number of hydrogen-bond donors (Lipinski definition) is 1. The van der Waals surface area contributed by atoms with Crippen molar-refractivity contribution in [3.8, 4) is 16.9 Å². The van der Waals surface area contributed by atoms with Gasteiger partial charge >= 0.3 is 6.18 Å². The van der Waals surface area contributed by atoms with Gasteiger partial charge in [-0.2, -0.15) is 13.2 Å². The van der Waals surface area contributed by atoms with Crippen molar-refractivity contribution in [2.75, 3.05) is 0 Å². The standard InChI is InChI=1S/C17H17F3O/c1-10(2)14-9-15(11(3)8-16(14)21)12-4-6-13(7-5-12)17(18,19)20/h4-10,21H,1-3H3. The summed E-state index contributed by atoms with van der Waals surface area (Å²) >= 11 is 0. The maximum atomic E-state index is 12.6. The number of hydrogen-bond acceptors (Lipinski definition) is 1. The molecule has 0 saturated heterocycles. The average molecular weight is 294 g/mol. The molecule has 0 aromatic heterocycles. The quantitative estimate of drug-likeness (QED) is 0.774. The van der Waals surface area contributed by atoms with Gasteiger partial charge < -0.3 is 5.11 Å². The van der Waals surface area contributed by atoms with E-state index in [0.29, 0.717) is 5.56 Å². The molecule has 1 N–H and O–H groups in total. The molecule has 2 rings (SSSR count). The van der Waals surface area contributed by atoms with Gasteiger partial charge in [-0.3, -0.25) is 0 Å². The molecule has 0 fully saturated rings. The molecule has 0 aliphatic carbocycles. The molecule has 4 heteroatoms. The molecule has 0 bridgehead atoms. The molecule has 112 valence electrons. The third-order valence-electron chi connectivity index (χ3n) is 3.52. The van der Waals surface area contributed by atoms with Gasteiger partial charge in [0, 0.05) is 0 Å². The Morgan fingerprint density at radius 1 is 1.00 bits per heavy atom. The molecule has 0 atom stereocenters. The number of phenolic OH excluding ortho intramolecular Hbond substituents is 1. The monoisotopic (exact) mass is 294 g/mol. The highest BCUT2D eigenvalue weighted by molar-refractivity contribution is 5.70. The van der Waals surface area contributed by atoms with E-state index in [9.17, 15) is 18.3 Å². The fourth-order valence-corrected chi connectivity index (χ4v) is 2.32. The third-order valence-corrected chi connectivity index (χ3v) is 3.52. The number of aryl methyl sites for hydroxylation is 1. The molecule has 0 amide bonds. The first-order valence-corrected chi connectivity index (χ1v) is 6.71. The molecule has 0 saturated carbocycles. The van der Waals surface area contributed by atoms with E-state index in [1.54, 1.807) is 6.07 Å². The van der Waals surface area contributed by atoms with E-state index in [0.717, 1.165) is 28.8 Å². The van der Waals surface area contributed by atoms with E-state index in [1.807, 2.05) is 26.8 Å². The Labute approximate surface area is 122 Å². The van der Waals surface area contributed by atoms with Gasteiger partial charge in [0.2, 0.25) is 0 Å². The van der Waals surface area contributed by atoms with Crippen LogP contribution in [0.15, 0.2) is 36.4 Å². The third kappa shape index (κ3) is 3.20. The number of halogens is 3. The highest BCUT2D eigenvalue weighted by Crippen LogP contribution is 2.35. The number of rotatable bonds is 2. The molecule has 0 unspecified atom stereocenters. The Morgan fingerprint density at radius 3 is 2.05 bits per heavy atom. The van der Waals surface area contributed by atoms with Gasteiger partial charge in [0.1, 0.15) is 5.75 Å². The second-order valence-corrected chi connectivity index (χ2v) is 5.46. The molecule has 0 spiro atoms. The molecule has 0 aliphatic heterocycles. The van der Waals surface area contributed by atoms with Gasteiger partial charge in [-0.25, -0.2) is 0 Å². The van der Waals surface area contributed by atoms with E-state index in [4.69, 9.17) is 0 Å². The zero-order chi connectivity index (χ0) is 15.8. The van der Waals surface area contributed by atoms with Gasteiger partial charge in [0.05, 0.1) is 5.56 Å². The first-order valence-electron chi connectivity index (χ1n) is 6.71. The zero-order valence-corrected chi connectivity index (χ0v) is 12.1. The number of aromatic hydroxyl groups is 1. The SMILES string of the molecule is Cc1cc(O)c(C(C)C)cc1-c1ccc(C(F)(F)F)cc1. The normalized spacial score (nSPS) is 12.0. The van der Waals surface area contributed by atoms with Crippen molar-refractivity contribution in [1.82, 2.24) is 0 Å². The van der Waals surface area contributed by atoms with E-state index in [-0.39, 0.29) is 11.7 Å². The van der Waals surface area contributed by atoms with Crippen LogP contribution in [0.5, 0.6) is 5.75 Å². The summed E-state index contributed by atoms with van der Waals surface area (Å²) in [5.74, 6) is 0.358. The maximum absolute atomic E-state index is 12.6. The minimum absolute atomic E-state index is 0.138. The predicted octanol–water partition coefficient (Wildman–Crippen LogP) is 5.51. The lowest BCUT2D eigenvalue weighted by Gasteiger charge is -2.14. The molecule has 2 aromatic rings. The van der Waals surface area contributed by atoms with Crippen LogP contribution in [0.4, 0.5) is 13.2 Å². The molecule has 0 aliphatic rings. The van der Waals surface area contributed by atoms with Crippen molar-refractivity contribution in [3.63, 3.8) is 0 Å². The Balaban J connectivity index is 2.49. The summed E-state index contributed by atoms with van der Waals surface area (Å²) in [5.41, 5.74) is 2.51. The summed E-state index contributed by atoms with van der Waals surface area (Å²) in [4.78, 5) is 0. The largest absolute Gasteiger partial charge is 0.508 e. The number of alkyl halides is 3.